The second-order valence-electron chi connectivity index (χ2n) is 11.8. The highest BCUT2D eigenvalue weighted by molar-refractivity contribution is 6.16. The van der Waals surface area contributed by atoms with Gasteiger partial charge in [-0.3, -0.25) is 0 Å². The molecule has 1 N–H and O–H groups in total. The van der Waals surface area contributed by atoms with Gasteiger partial charge in [0.15, 0.2) is 5.84 Å². The number of nitrogens with zero attached hydrogens (tertiary/aromatic N) is 2. The number of amidine groups is 2. The third-order valence-corrected chi connectivity index (χ3v) is 8.97. The van der Waals surface area contributed by atoms with Crippen LogP contribution in [0.15, 0.2) is 178 Å². The molecule has 7 aromatic carbocycles. The van der Waals surface area contributed by atoms with Crippen molar-refractivity contribution in [2.75, 3.05) is 0 Å². The van der Waals surface area contributed by atoms with Crippen molar-refractivity contribution in [2.24, 2.45) is 9.98 Å². The standard InChI is InChI=1S/C43H29N3O/c1-4-14-28(15-5-1)31-24-25-34(33-21-11-10-20-32(31)33)35-26-27-37(39-36-22-12-13-23-38(36)47-40(35)39)43-45-41(29-16-6-2-7-17-29)44-42(46-43)30-18-8-3-9-19-30/h1-27,43H,(H,44,45,46). The van der Waals surface area contributed by atoms with Gasteiger partial charge in [-0.1, -0.05) is 158 Å². The number of rotatable bonds is 5. The molecule has 1 aliphatic heterocycles. The zero-order valence-corrected chi connectivity index (χ0v) is 25.5. The molecule has 222 valence electrons. The van der Waals surface area contributed by atoms with Gasteiger partial charge in [-0.25, -0.2) is 9.98 Å². The lowest BCUT2D eigenvalue weighted by Gasteiger charge is -2.24. The molecule has 8 aromatic rings. The topological polar surface area (TPSA) is 49.9 Å². The molecule has 0 aliphatic carbocycles. The van der Waals surface area contributed by atoms with Crippen LogP contribution in [0.1, 0.15) is 22.9 Å². The first-order valence-electron chi connectivity index (χ1n) is 15.9. The molecule has 47 heavy (non-hydrogen) atoms. The molecule has 0 amide bonds. The summed E-state index contributed by atoms with van der Waals surface area (Å²) in [5, 5.41) is 8.17. The molecule has 0 radical (unpaired) electrons. The van der Waals surface area contributed by atoms with E-state index in [1.165, 1.54) is 21.9 Å². The molecule has 9 rings (SSSR count). The van der Waals surface area contributed by atoms with Crippen LogP contribution in [-0.2, 0) is 0 Å². The molecule has 1 atom stereocenters. The zero-order chi connectivity index (χ0) is 31.2. The molecule has 1 unspecified atom stereocenters. The first kappa shape index (κ1) is 27.1. The van der Waals surface area contributed by atoms with Crippen LogP contribution < -0.4 is 5.32 Å². The van der Waals surface area contributed by atoms with Crippen LogP contribution in [-0.4, -0.2) is 11.7 Å². The van der Waals surface area contributed by atoms with Gasteiger partial charge in [0.25, 0.3) is 0 Å². The number of hydrogen-bond donors (Lipinski definition) is 1. The summed E-state index contributed by atoms with van der Waals surface area (Å²) in [4.78, 5) is 10.2. The summed E-state index contributed by atoms with van der Waals surface area (Å²) in [6.45, 7) is 0. The molecule has 2 heterocycles. The molecular formula is C43H29N3O. The molecule has 0 bridgehead atoms. The highest BCUT2D eigenvalue weighted by atomic mass is 16.3. The fourth-order valence-corrected chi connectivity index (χ4v) is 6.77. The van der Waals surface area contributed by atoms with E-state index in [1.807, 2.05) is 48.5 Å². The first-order chi connectivity index (χ1) is 23.3. The molecule has 0 saturated heterocycles. The van der Waals surface area contributed by atoms with Gasteiger partial charge in [0.1, 0.15) is 23.2 Å². The predicted octanol–water partition coefficient (Wildman–Crippen LogP) is 10.6. The number of hydrogen-bond acceptors (Lipinski definition) is 4. The lowest BCUT2D eigenvalue weighted by atomic mass is 9.90. The van der Waals surface area contributed by atoms with E-state index in [0.29, 0.717) is 5.84 Å². The van der Waals surface area contributed by atoms with Crippen molar-refractivity contribution in [3.8, 4) is 22.3 Å². The predicted molar refractivity (Wildman–Crippen MR) is 194 cm³/mol. The lowest BCUT2D eigenvalue weighted by Crippen LogP contribution is -2.33. The maximum absolute atomic E-state index is 6.75. The Labute approximate surface area is 272 Å². The summed E-state index contributed by atoms with van der Waals surface area (Å²) in [6, 6.07) is 56.8. The van der Waals surface area contributed by atoms with Crippen LogP contribution in [0.25, 0.3) is 55.0 Å². The average Bonchev–Trinajstić information content (AvgIpc) is 3.55. The van der Waals surface area contributed by atoms with Gasteiger partial charge in [-0.15, -0.1) is 0 Å². The Morgan fingerprint density at radius 1 is 0.468 bits per heavy atom. The van der Waals surface area contributed by atoms with Crippen molar-refractivity contribution in [3.05, 3.63) is 180 Å². The number of fused-ring (bicyclic) bond motifs is 4. The van der Waals surface area contributed by atoms with Gasteiger partial charge in [0.05, 0.1) is 0 Å². The van der Waals surface area contributed by atoms with Crippen LogP contribution in [0.2, 0.25) is 0 Å². The van der Waals surface area contributed by atoms with Crippen molar-refractivity contribution < 1.29 is 4.42 Å². The minimum atomic E-state index is -0.382. The van der Waals surface area contributed by atoms with Crippen LogP contribution in [0.3, 0.4) is 0 Å². The summed E-state index contributed by atoms with van der Waals surface area (Å²) < 4.78 is 6.75. The number of para-hydroxylation sites is 1. The van der Waals surface area contributed by atoms with Crippen molar-refractivity contribution in [2.45, 2.75) is 6.17 Å². The van der Waals surface area contributed by atoms with E-state index in [9.17, 15) is 0 Å². The molecule has 4 heteroatoms. The molecule has 4 nitrogen and oxygen atoms in total. The van der Waals surface area contributed by atoms with Crippen LogP contribution in [0.5, 0.6) is 0 Å². The van der Waals surface area contributed by atoms with Gasteiger partial charge >= 0.3 is 0 Å². The first-order valence-corrected chi connectivity index (χ1v) is 15.9. The van der Waals surface area contributed by atoms with Gasteiger partial charge in [-0.2, -0.15) is 0 Å². The Morgan fingerprint density at radius 2 is 1.02 bits per heavy atom. The van der Waals surface area contributed by atoms with E-state index in [1.54, 1.807) is 0 Å². The fourth-order valence-electron chi connectivity index (χ4n) is 6.77. The number of nitrogens with one attached hydrogen (secondary N) is 1. The SMILES string of the molecule is c1ccc(C2=NC(c3ccc(-c4ccc(-c5ccccc5)c5ccccc45)c4oc5ccccc5c34)NC(c3ccccc3)=N2)cc1. The minimum Gasteiger partial charge on any atom is -0.455 e. The maximum atomic E-state index is 6.75. The highest BCUT2D eigenvalue weighted by Gasteiger charge is 2.26. The molecule has 0 fully saturated rings. The zero-order valence-electron chi connectivity index (χ0n) is 25.5. The summed E-state index contributed by atoms with van der Waals surface area (Å²) >= 11 is 0. The van der Waals surface area contributed by atoms with E-state index in [-0.39, 0.29) is 6.17 Å². The maximum Gasteiger partial charge on any atom is 0.159 e. The summed E-state index contributed by atoms with van der Waals surface area (Å²) in [5.41, 5.74) is 9.32. The number of furan rings is 1. The van der Waals surface area contributed by atoms with E-state index in [2.05, 4.69) is 121 Å². The Kier molecular flexibility index (Phi) is 6.50. The Bertz CT molecular complexity index is 2480. The van der Waals surface area contributed by atoms with Crippen molar-refractivity contribution >= 4 is 44.4 Å². The molecule has 1 aliphatic rings. The Morgan fingerprint density at radius 3 is 1.74 bits per heavy atom. The Hall–Kier alpha value is -6.26. The van der Waals surface area contributed by atoms with E-state index >= 15 is 0 Å². The van der Waals surface area contributed by atoms with Gasteiger partial charge in [0, 0.05) is 33.0 Å². The summed E-state index contributed by atoms with van der Waals surface area (Å²) in [7, 11) is 0. The third-order valence-electron chi connectivity index (χ3n) is 8.97. The summed E-state index contributed by atoms with van der Waals surface area (Å²) in [5.74, 6) is 1.48. The van der Waals surface area contributed by atoms with E-state index in [4.69, 9.17) is 14.4 Å². The quantitative estimate of drug-likeness (QED) is 0.213. The lowest BCUT2D eigenvalue weighted by molar-refractivity contribution is 0.663. The summed E-state index contributed by atoms with van der Waals surface area (Å²) in [6.07, 6.45) is -0.382. The van der Waals surface area contributed by atoms with E-state index < -0.39 is 0 Å². The molecule has 1 aromatic heterocycles. The van der Waals surface area contributed by atoms with Gasteiger partial charge in [-0.05, 0) is 33.5 Å². The van der Waals surface area contributed by atoms with Crippen LogP contribution in [0.4, 0.5) is 0 Å². The van der Waals surface area contributed by atoms with Gasteiger partial charge < -0.3 is 9.73 Å². The van der Waals surface area contributed by atoms with Crippen molar-refractivity contribution in [1.29, 1.82) is 0 Å². The fraction of sp³-hybridized carbons (Fsp3) is 0.0233. The molecular weight excluding hydrogens is 574 g/mol. The van der Waals surface area contributed by atoms with Crippen molar-refractivity contribution in [1.82, 2.24) is 5.32 Å². The number of benzene rings is 7. The van der Waals surface area contributed by atoms with E-state index in [0.717, 1.165) is 55.6 Å². The minimum absolute atomic E-state index is 0.382. The largest absolute Gasteiger partial charge is 0.455 e. The highest BCUT2D eigenvalue weighted by Crippen LogP contribution is 2.43. The van der Waals surface area contributed by atoms with Gasteiger partial charge in [0.2, 0.25) is 0 Å². The average molecular weight is 604 g/mol. The second-order valence-corrected chi connectivity index (χ2v) is 11.8. The normalized spacial score (nSPS) is 14.6. The van der Waals surface area contributed by atoms with Crippen LogP contribution >= 0.6 is 0 Å². The third kappa shape index (κ3) is 4.70. The smallest absolute Gasteiger partial charge is 0.159 e. The number of aliphatic imine (C=N–C) groups is 2. The van der Waals surface area contributed by atoms with Crippen LogP contribution in [0, 0.1) is 0 Å². The Balaban J connectivity index is 1.26. The second kappa shape index (κ2) is 11.3. The molecule has 0 spiro atoms. The molecule has 0 saturated carbocycles. The van der Waals surface area contributed by atoms with Crippen molar-refractivity contribution in [3.63, 3.8) is 0 Å². The monoisotopic (exact) mass is 603 g/mol.